The standard InChI is InChI=1S/C15H30N3O8P/c1-11(18-24-4)6-8-16-12(19)7-9-17-14(21)13(20)15(2,3)10-26-27(22,23)25-5/h13,20H,6-10H2,1-5H3,(H,16,19)(H,17,21)(H,22,23)/b18-11+/t13-/m1/s1. The second-order valence-corrected chi connectivity index (χ2v) is 8.03. The third-order valence-electron chi connectivity index (χ3n) is 3.53. The van der Waals surface area contributed by atoms with Crippen LogP contribution in [0, 0.1) is 5.41 Å². The minimum Gasteiger partial charge on any atom is -0.399 e. The zero-order valence-electron chi connectivity index (χ0n) is 16.4. The molecule has 0 aromatic heterocycles. The molecule has 1 unspecified atom stereocenters. The molecule has 0 aromatic carbocycles. The molecule has 2 atom stereocenters. The predicted octanol–water partition coefficient (Wildman–Crippen LogP) is 0.172. The number of phosphoric ester groups is 1. The molecule has 11 nitrogen and oxygen atoms in total. The quantitative estimate of drug-likeness (QED) is 0.190. The van der Waals surface area contributed by atoms with E-state index in [1.165, 1.54) is 21.0 Å². The van der Waals surface area contributed by atoms with Crippen molar-refractivity contribution in [3.8, 4) is 0 Å². The summed E-state index contributed by atoms with van der Waals surface area (Å²) in [6.07, 6.45) is -0.939. The summed E-state index contributed by atoms with van der Waals surface area (Å²) in [7, 11) is -1.76. The van der Waals surface area contributed by atoms with Gasteiger partial charge < -0.3 is 25.5 Å². The maximum Gasteiger partial charge on any atom is 0.471 e. The van der Waals surface area contributed by atoms with Crippen molar-refractivity contribution in [1.82, 2.24) is 10.6 Å². The van der Waals surface area contributed by atoms with Crippen LogP contribution in [0.3, 0.4) is 0 Å². The van der Waals surface area contributed by atoms with Gasteiger partial charge in [0.2, 0.25) is 11.8 Å². The molecule has 0 aliphatic rings. The molecule has 0 aliphatic carbocycles. The molecule has 0 saturated carbocycles. The van der Waals surface area contributed by atoms with E-state index in [1.54, 1.807) is 6.92 Å². The number of aliphatic hydroxyl groups is 1. The van der Waals surface area contributed by atoms with E-state index >= 15 is 0 Å². The number of nitrogens with one attached hydrogen (secondary N) is 2. The van der Waals surface area contributed by atoms with E-state index in [-0.39, 0.29) is 25.5 Å². The van der Waals surface area contributed by atoms with E-state index in [4.69, 9.17) is 4.52 Å². The highest BCUT2D eigenvalue weighted by atomic mass is 31.2. The van der Waals surface area contributed by atoms with Gasteiger partial charge in [-0.1, -0.05) is 19.0 Å². The molecule has 0 saturated heterocycles. The maximum atomic E-state index is 12.0. The number of oxime groups is 1. The second-order valence-electron chi connectivity index (χ2n) is 6.47. The van der Waals surface area contributed by atoms with E-state index in [2.05, 4.69) is 25.2 Å². The van der Waals surface area contributed by atoms with Gasteiger partial charge in [-0.3, -0.25) is 18.6 Å². The molecule has 4 N–H and O–H groups in total. The molecule has 0 aromatic rings. The molecule has 0 fully saturated rings. The Hall–Kier alpha value is -1.52. The number of hydrogen-bond donors (Lipinski definition) is 4. The van der Waals surface area contributed by atoms with Crippen LogP contribution in [0.5, 0.6) is 0 Å². The topological polar surface area (TPSA) is 156 Å². The number of carbonyl (C=O) groups excluding carboxylic acids is 2. The van der Waals surface area contributed by atoms with E-state index in [9.17, 15) is 24.2 Å². The van der Waals surface area contributed by atoms with Gasteiger partial charge in [0.05, 0.1) is 12.3 Å². The lowest BCUT2D eigenvalue weighted by atomic mass is 9.87. The summed E-state index contributed by atoms with van der Waals surface area (Å²) in [6, 6.07) is 0. The van der Waals surface area contributed by atoms with Gasteiger partial charge in [-0.2, -0.15) is 0 Å². The Bertz CT molecular complexity index is 567. The molecular formula is C15H30N3O8P. The number of amides is 2. The van der Waals surface area contributed by atoms with Crippen molar-refractivity contribution in [3.63, 3.8) is 0 Å². The Kier molecular flexibility index (Phi) is 11.4. The van der Waals surface area contributed by atoms with Gasteiger partial charge >= 0.3 is 7.82 Å². The number of phosphoric acid groups is 1. The first kappa shape index (κ1) is 25.5. The Labute approximate surface area is 159 Å². The summed E-state index contributed by atoms with van der Waals surface area (Å²) in [4.78, 5) is 37.5. The Morgan fingerprint density at radius 1 is 1.19 bits per heavy atom. The van der Waals surface area contributed by atoms with Crippen molar-refractivity contribution in [1.29, 1.82) is 0 Å². The fraction of sp³-hybridized carbons (Fsp3) is 0.800. The summed E-state index contributed by atoms with van der Waals surface area (Å²) >= 11 is 0. The number of aliphatic hydroxyl groups excluding tert-OH is 1. The van der Waals surface area contributed by atoms with Crippen LogP contribution in [0.15, 0.2) is 5.16 Å². The van der Waals surface area contributed by atoms with Crippen molar-refractivity contribution in [3.05, 3.63) is 0 Å². The SMILES string of the molecule is CO/N=C(\C)CCNC(=O)CCNC(=O)[C@@H](O)C(C)(C)COP(=O)(O)OC. The summed E-state index contributed by atoms with van der Waals surface area (Å²) in [5.41, 5.74) is -0.416. The molecule has 0 aliphatic heterocycles. The summed E-state index contributed by atoms with van der Waals surface area (Å²) in [5, 5.41) is 18.9. The van der Waals surface area contributed by atoms with Crippen LogP contribution >= 0.6 is 7.82 Å². The van der Waals surface area contributed by atoms with E-state index < -0.39 is 25.2 Å². The first-order valence-corrected chi connectivity index (χ1v) is 9.77. The van der Waals surface area contributed by atoms with E-state index in [1.807, 2.05) is 0 Å². The highest BCUT2D eigenvalue weighted by Crippen LogP contribution is 2.43. The second kappa shape index (κ2) is 12.0. The van der Waals surface area contributed by atoms with Crippen LogP contribution in [0.4, 0.5) is 0 Å². The molecule has 0 spiro atoms. The van der Waals surface area contributed by atoms with Crippen molar-refractivity contribution in [2.75, 3.05) is 33.9 Å². The lowest BCUT2D eigenvalue weighted by Gasteiger charge is -2.29. The van der Waals surface area contributed by atoms with Crippen LogP contribution in [0.2, 0.25) is 0 Å². The molecule has 0 rings (SSSR count). The number of rotatable bonds is 13. The van der Waals surface area contributed by atoms with Gasteiger partial charge in [-0.15, -0.1) is 0 Å². The van der Waals surface area contributed by atoms with E-state index in [0.717, 1.165) is 12.8 Å². The minimum absolute atomic E-state index is 0.0281. The molecule has 0 radical (unpaired) electrons. The lowest BCUT2D eigenvalue weighted by molar-refractivity contribution is -0.137. The molecule has 0 heterocycles. The lowest BCUT2D eigenvalue weighted by Crippen LogP contribution is -2.46. The third-order valence-corrected chi connectivity index (χ3v) is 4.44. The largest absolute Gasteiger partial charge is 0.471 e. The Balaban J connectivity index is 4.23. The average Bonchev–Trinajstić information content (AvgIpc) is 2.59. The first-order chi connectivity index (χ1) is 12.4. The summed E-state index contributed by atoms with van der Waals surface area (Å²) in [5.74, 6) is -0.983. The Morgan fingerprint density at radius 3 is 2.33 bits per heavy atom. The highest BCUT2D eigenvalue weighted by Gasteiger charge is 2.36. The molecule has 0 bridgehead atoms. The molecule has 158 valence electrons. The summed E-state index contributed by atoms with van der Waals surface area (Å²) in [6.45, 7) is 4.78. The number of nitrogens with zero attached hydrogens (tertiary/aromatic N) is 1. The zero-order valence-corrected chi connectivity index (χ0v) is 17.2. The van der Waals surface area contributed by atoms with E-state index in [0.29, 0.717) is 13.0 Å². The van der Waals surface area contributed by atoms with Crippen molar-refractivity contribution >= 4 is 25.3 Å². The van der Waals surface area contributed by atoms with Crippen LogP contribution in [0.25, 0.3) is 0 Å². The van der Waals surface area contributed by atoms with Crippen LogP contribution in [0.1, 0.15) is 33.6 Å². The predicted molar refractivity (Wildman–Crippen MR) is 97.9 cm³/mol. The average molecular weight is 411 g/mol. The van der Waals surface area contributed by atoms with Crippen molar-refractivity contribution in [2.45, 2.75) is 39.7 Å². The monoisotopic (exact) mass is 411 g/mol. The first-order valence-electron chi connectivity index (χ1n) is 8.27. The fourth-order valence-corrected chi connectivity index (χ4v) is 2.40. The van der Waals surface area contributed by atoms with Gasteiger partial charge in [0, 0.05) is 38.5 Å². The molecule has 12 heteroatoms. The normalized spacial score (nSPS) is 15.6. The number of hydrogen-bond acceptors (Lipinski definition) is 8. The van der Waals surface area contributed by atoms with Crippen LogP contribution in [-0.2, 0) is 28.0 Å². The van der Waals surface area contributed by atoms with Crippen LogP contribution < -0.4 is 10.6 Å². The zero-order chi connectivity index (χ0) is 21.1. The van der Waals surface area contributed by atoms with Gasteiger partial charge in [-0.05, 0) is 6.92 Å². The van der Waals surface area contributed by atoms with Gasteiger partial charge in [-0.25, -0.2) is 4.57 Å². The van der Waals surface area contributed by atoms with Gasteiger partial charge in [0.15, 0.2) is 0 Å². The Morgan fingerprint density at radius 2 is 1.78 bits per heavy atom. The maximum absolute atomic E-state index is 12.0. The fourth-order valence-electron chi connectivity index (χ4n) is 1.80. The molecular weight excluding hydrogens is 381 g/mol. The van der Waals surface area contributed by atoms with Gasteiger partial charge in [0.1, 0.15) is 13.2 Å². The van der Waals surface area contributed by atoms with Gasteiger partial charge in [0.25, 0.3) is 0 Å². The highest BCUT2D eigenvalue weighted by molar-refractivity contribution is 7.47. The van der Waals surface area contributed by atoms with Crippen molar-refractivity contribution < 1.29 is 38.0 Å². The minimum atomic E-state index is -4.21. The smallest absolute Gasteiger partial charge is 0.399 e. The molecule has 27 heavy (non-hydrogen) atoms. The van der Waals surface area contributed by atoms with Crippen LogP contribution in [-0.4, -0.2) is 67.5 Å². The molecule has 2 amide bonds. The number of carbonyl (C=O) groups is 2. The van der Waals surface area contributed by atoms with Crippen molar-refractivity contribution in [2.24, 2.45) is 10.6 Å². The summed E-state index contributed by atoms with van der Waals surface area (Å²) < 4.78 is 20.3. The third kappa shape index (κ3) is 11.0.